The van der Waals surface area contributed by atoms with Crippen LogP contribution in [-0.4, -0.2) is 96.2 Å². The van der Waals surface area contributed by atoms with Crippen LogP contribution in [0.3, 0.4) is 0 Å². The highest BCUT2D eigenvalue weighted by atomic mass is 32.2. The molecule has 2 amide bonds. The first kappa shape index (κ1) is 30.6. The van der Waals surface area contributed by atoms with Gasteiger partial charge in [-0.25, -0.2) is 23.2 Å². The largest absolute Gasteiger partial charge is 0.481 e. The molecule has 1 saturated heterocycles. The fourth-order valence-corrected chi connectivity index (χ4v) is 4.94. The van der Waals surface area contributed by atoms with Gasteiger partial charge in [-0.3, -0.25) is 19.3 Å². The number of ketones is 1. The summed E-state index contributed by atoms with van der Waals surface area (Å²) in [6.45, 7) is 3.97. The molecule has 1 aromatic carbocycles. The summed E-state index contributed by atoms with van der Waals surface area (Å²) in [5.41, 5.74) is 0.454. The molecule has 0 bridgehead atoms. The summed E-state index contributed by atoms with van der Waals surface area (Å²) in [6.07, 6.45) is -1.34. The standard InChI is InChI=1S/C26H33N5O8S/c1-3-39-26(36)31-13-12-27-15-21(31)23(34)19(10-11-22(32)33)30-25(35)20-14-18(16-40(37,38)4-2)28-24(29-20)17-8-6-5-7-9-17/h5-9,14,19,21,27H,3-4,10-13,15-16H2,1-2H3,(H,30,35)(H,32,33)/t19-,21?/m0/s1. The summed E-state index contributed by atoms with van der Waals surface area (Å²) in [4.78, 5) is 60.7. The SMILES string of the molecule is CCOC(=O)N1CCNCC1C(=O)[C@H](CCC(=O)O)NC(=O)c1cc(CS(=O)(=O)CC)nc(-c2ccccc2)n1. The van der Waals surface area contributed by atoms with Gasteiger partial charge in [0.1, 0.15) is 11.7 Å². The Morgan fingerprint density at radius 1 is 1.18 bits per heavy atom. The van der Waals surface area contributed by atoms with Crippen molar-refractivity contribution in [3.8, 4) is 11.4 Å². The van der Waals surface area contributed by atoms with Crippen LogP contribution in [0.25, 0.3) is 11.4 Å². The zero-order valence-electron chi connectivity index (χ0n) is 22.3. The lowest BCUT2D eigenvalue weighted by atomic mass is 9.98. The second kappa shape index (κ2) is 13.9. The number of ether oxygens (including phenoxy) is 1. The van der Waals surface area contributed by atoms with Gasteiger partial charge in [0, 0.05) is 37.4 Å². The summed E-state index contributed by atoms with van der Waals surface area (Å²) >= 11 is 0. The van der Waals surface area contributed by atoms with Gasteiger partial charge in [-0.2, -0.15) is 0 Å². The van der Waals surface area contributed by atoms with Crippen molar-refractivity contribution in [2.75, 3.05) is 32.0 Å². The molecule has 0 radical (unpaired) electrons. The third-order valence-corrected chi connectivity index (χ3v) is 7.84. The highest BCUT2D eigenvalue weighted by Crippen LogP contribution is 2.18. The molecule has 13 nitrogen and oxygen atoms in total. The van der Waals surface area contributed by atoms with E-state index >= 15 is 0 Å². The lowest BCUT2D eigenvalue weighted by molar-refractivity contribution is -0.137. The van der Waals surface area contributed by atoms with Crippen molar-refractivity contribution in [2.24, 2.45) is 0 Å². The smallest absolute Gasteiger partial charge is 0.410 e. The van der Waals surface area contributed by atoms with E-state index in [0.29, 0.717) is 12.1 Å². The van der Waals surface area contributed by atoms with Crippen molar-refractivity contribution < 1.29 is 37.4 Å². The average Bonchev–Trinajstić information content (AvgIpc) is 2.94. The number of carbonyl (C=O) groups excluding carboxylic acids is 3. The zero-order valence-corrected chi connectivity index (χ0v) is 23.1. The summed E-state index contributed by atoms with van der Waals surface area (Å²) in [7, 11) is -3.50. The number of carboxylic acid groups (broad SMARTS) is 1. The predicted molar refractivity (Wildman–Crippen MR) is 144 cm³/mol. The van der Waals surface area contributed by atoms with E-state index in [1.165, 1.54) is 17.9 Å². The van der Waals surface area contributed by atoms with Gasteiger partial charge < -0.3 is 20.5 Å². The van der Waals surface area contributed by atoms with Crippen LogP contribution in [0.5, 0.6) is 0 Å². The Morgan fingerprint density at radius 3 is 2.55 bits per heavy atom. The van der Waals surface area contributed by atoms with Gasteiger partial charge >= 0.3 is 12.1 Å². The second-order valence-corrected chi connectivity index (χ2v) is 11.4. The van der Waals surface area contributed by atoms with Crippen molar-refractivity contribution >= 4 is 33.6 Å². The Bertz CT molecular complexity index is 1340. The van der Waals surface area contributed by atoms with Crippen molar-refractivity contribution in [1.82, 2.24) is 25.5 Å². The van der Waals surface area contributed by atoms with E-state index < -0.39 is 57.8 Å². The molecule has 0 aliphatic carbocycles. The molecule has 2 aromatic rings. The number of piperazine rings is 1. The minimum atomic E-state index is -3.50. The van der Waals surface area contributed by atoms with Gasteiger partial charge in [0.25, 0.3) is 5.91 Å². The predicted octanol–water partition coefficient (Wildman–Crippen LogP) is 1.04. The van der Waals surface area contributed by atoms with Gasteiger partial charge in [-0.15, -0.1) is 0 Å². The summed E-state index contributed by atoms with van der Waals surface area (Å²) in [5.74, 6) is -2.98. The van der Waals surface area contributed by atoms with Crippen LogP contribution in [0.4, 0.5) is 4.79 Å². The number of nitrogens with one attached hydrogen (secondary N) is 2. The Balaban J connectivity index is 1.94. The van der Waals surface area contributed by atoms with Crippen LogP contribution >= 0.6 is 0 Å². The Hall–Kier alpha value is -3.91. The number of carboxylic acids is 1. The molecule has 3 N–H and O–H groups in total. The van der Waals surface area contributed by atoms with E-state index in [9.17, 15) is 32.7 Å². The maximum Gasteiger partial charge on any atom is 0.410 e. The lowest BCUT2D eigenvalue weighted by Gasteiger charge is -2.36. The van der Waals surface area contributed by atoms with Crippen LogP contribution in [0.15, 0.2) is 36.4 Å². The number of hydrogen-bond acceptors (Lipinski definition) is 10. The molecule has 2 atom stereocenters. The number of rotatable bonds is 12. The van der Waals surface area contributed by atoms with Crippen LogP contribution in [-0.2, 0) is 29.9 Å². The third kappa shape index (κ3) is 8.29. The van der Waals surface area contributed by atoms with E-state index in [1.807, 2.05) is 0 Å². The number of benzene rings is 1. The normalized spacial score (nSPS) is 16.1. The molecule has 216 valence electrons. The first-order chi connectivity index (χ1) is 19.0. The van der Waals surface area contributed by atoms with Gasteiger partial charge in [-0.1, -0.05) is 37.3 Å². The van der Waals surface area contributed by atoms with Crippen molar-refractivity contribution in [1.29, 1.82) is 0 Å². The molecule has 0 saturated carbocycles. The molecule has 1 aliphatic rings. The Kier molecular flexibility index (Phi) is 10.7. The molecular formula is C26H33N5O8S. The topological polar surface area (TPSA) is 185 Å². The maximum atomic E-state index is 13.6. The molecule has 14 heteroatoms. The minimum absolute atomic E-state index is 0.0965. The van der Waals surface area contributed by atoms with E-state index in [4.69, 9.17) is 4.74 Å². The van der Waals surface area contributed by atoms with Gasteiger partial charge in [0.05, 0.1) is 24.1 Å². The van der Waals surface area contributed by atoms with E-state index in [0.717, 1.165) is 0 Å². The van der Waals surface area contributed by atoms with E-state index in [2.05, 4.69) is 20.6 Å². The fraction of sp³-hybridized carbons (Fsp3) is 0.462. The summed E-state index contributed by atoms with van der Waals surface area (Å²) in [6, 6.07) is 7.62. The number of aliphatic carboxylic acids is 1. The van der Waals surface area contributed by atoms with Gasteiger partial charge in [-0.05, 0) is 19.4 Å². The number of nitrogens with zero attached hydrogens (tertiary/aromatic N) is 3. The quantitative estimate of drug-likeness (QED) is 0.328. The second-order valence-electron chi connectivity index (χ2n) is 9.08. The highest BCUT2D eigenvalue weighted by molar-refractivity contribution is 7.90. The number of sulfone groups is 1. The van der Waals surface area contributed by atoms with Crippen LogP contribution in [0.1, 0.15) is 42.9 Å². The monoisotopic (exact) mass is 575 g/mol. The zero-order chi connectivity index (χ0) is 29.3. The van der Waals surface area contributed by atoms with Gasteiger partial charge in [0.15, 0.2) is 21.4 Å². The molecule has 1 unspecified atom stereocenters. The molecule has 40 heavy (non-hydrogen) atoms. The Morgan fingerprint density at radius 2 is 1.90 bits per heavy atom. The number of carbonyl (C=O) groups is 4. The maximum absolute atomic E-state index is 13.6. The van der Waals surface area contributed by atoms with Crippen LogP contribution < -0.4 is 10.6 Å². The molecule has 1 aliphatic heterocycles. The molecule has 3 rings (SSSR count). The molecule has 1 aromatic heterocycles. The Labute approximate surface area is 232 Å². The highest BCUT2D eigenvalue weighted by Gasteiger charge is 2.37. The van der Waals surface area contributed by atoms with Crippen molar-refractivity contribution in [2.45, 2.75) is 44.5 Å². The molecule has 0 spiro atoms. The van der Waals surface area contributed by atoms with E-state index in [-0.39, 0.29) is 49.1 Å². The van der Waals surface area contributed by atoms with Crippen molar-refractivity contribution in [3.63, 3.8) is 0 Å². The minimum Gasteiger partial charge on any atom is -0.481 e. The number of hydrogen-bond donors (Lipinski definition) is 3. The molecule has 1 fully saturated rings. The number of amides is 2. The first-order valence-corrected chi connectivity index (χ1v) is 14.7. The molecular weight excluding hydrogens is 542 g/mol. The van der Waals surface area contributed by atoms with Crippen molar-refractivity contribution in [3.05, 3.63) is 47.8 Å². The summed E-state index contributed by atoms with van der Waals surface area (Å²) < 4.78 is 29.7. The van der Waals surface area contributed by atoms with Crippen LogP contribution in [0, 0.1) is 0 Å². The fourth-order valence-electron chi connectivity index (χ4n) is 4.13. The first-order valence-electron chi connectivity index (χ1n) is 12.9. The third-order valence-electron chi connectivity index (χ3n) is 6.22. The van der Waals surface area contributed by atoms with Crippen LogP contribution in [0.2, 0.25) is 0 Å². The van der Waals surface area contributed by atoms with E-state index in [1.54, 1.807) is 37.3 Å². The number of Topliss-reactive ketones (excluding diaryl/α,β-unsaturated/α-hetero) is 1. The average molecular weight is 576 g/mol. The van der Waals surface area contributed by atoms with Gasteiger partial charge in [0.2, 0.25) is 0 Å². The lowest BCUT2D eigenvalue weighted by Crippen LogP contribution is -2.61. The molecule has 2 heterocycles. The number of aromatic nitrogens is 2. The summed E-state index contributed by atoms with van der Waals surface area (Å²) in [5, 5.41) is 14.8.